The topological polar surface area (TPSA) is 84.2 Å². The van der Waals surface area contributed by atoms with Crippen molar-refractivity contribution in [2.45, 2.75) is 26.9 Å². The summed E-state index contributed by atoms with van der Waals surface area (Å²) < 4.78 is 0. The van der Waals surface area contributed by atoms with E-state index in [9.17, 15) is 9.59 Å². The van der Waals surface area contributed by atoms with E-state index in [-0.39, 0.29) is 6.54 Å². The highest BCUT2D eigenvalue weighted by Crippen LogP contribution is 2.19. The van der Waals surface area contributed by atoms with E-state index in [0.717, 1.165) is 22.3 Å². The van der Waals surface area contributed by atoms with Gasteiger partial charge in [0.15, 0.2) is 0 Å². The van der Waals surface area contributed by atoms with Crippen molar-refractivity contribution in [3.8, 4) is 0 Å². The highest BCUT2D eigenvalue weighted by Gasteiger charge is 2.15. The first-order valence-corrected chi connectivity index (χ1v) is 7.44. The molecule has 0 unspecified atom stereocenters. The number of para-hydroxylation sites is 1. The number of hydrogen-bond donors (Lipinski definition) is 3. The normalized spacial score (nSPS) is 10.2. The van der Waals surface area contributed by atoms with Crippen LogP contribution in [0.25, 0.3) is 0 Å². The van der Waals surface area contributed by atoms with Gasteiger partial charge in [0.2, 0.25) is 0 Å². The largest absolute Gasteiger partial charge is 0.344 e. The zero-order valence-corrected chi connectivity index (χ0v) is 13.3. The quantitative estimate of drug-likeness (QED) is 0.755. The van der Waals surface area contributed by atoms with Gasteiger partial charge in [-0.1, -0.05) is 42.5 Å². The third-order valence-electron chi connectivity index (χ3n) is 3.61. The Morgan fingerprint density at radius 3 is 2.22 bits per heavy atom. The monoisotopic (exact) mass is 311 g/mol. The van der Waals surface area contributed by atoms with Gasteiger partial charge in [0.25, 0.3) is 0 Å². The standard InChI is InChI=1S/C18H21N3O2/c1-12-5-3-6-13(2)16(12)21-18(23)17(22)20-11-15-8-4-7-14(9-15)10-19/h3-9H,10-11,19H2,1-2H3,(H,20,22)(H,21,23). The van der Waals surface area contributed by atoms with Gasteiger partial charge in [-0.25, -0.2) is 0 Å². The molecule has 0 fully saturated rings. The predicted molar refractivity (Wildman–Crippen MR) is 90.7 cm³/mol. The molecule has 4 N–H and O–H groups in total. The lowest BCUT2D eigenvalue weighted by Crippen LogP contribution is -2.35. The predicted octanol–water partition coefficient (Wildman–Crippen LogP) is 2.02. The van der Waals surface area contributed by atoms with Crippen molar-refractivity contribution < 1.29 is 9.59 Å². The SMILES string of the molecule is Cc1cccc(C)c1NC(=O)C(=O)NCc1cccc(CN)c1. The molecular weight excluding hydrogens is 290 g/mol. The molecule has 0 spiro atoms. The van der Waals surface area contributed by atoms with Crippen LogP contribution in [-0.2, 0) is 22.7 Å². The second-order valence-electron chi connectivity index (χ2n) is 5.43. The molecular formula is C18H21N3O2. The Balaban J connectivity index is 1.96. The van der Waals surface area contributed by atoms with Gasteiger partial charge >= 0.3 is 11.8 Å². The molecule has 2 aromatic carbocycles. The third kappa shape index (κ3) is 4.40. The molecule has 5 nitrogen and oxygen atoms in total. The summed E-state index contributed by atoms with van der Waals surface area (Å²) >= 11 is 0. The van der Waals surface area contributed by atoms with Gasteiger partial charge in [-0.3, -0.25) is 9.59 Å². The maximum Gasteiger partial charge on any atom is 0.313 e. The highest BCUT2D eigenvalue weighted by molar-refractivity contribution is 6.39. The number of aryl methyl sites for hydroxylation is 2. The molecule has 0 bridgehead atoms. The number of nitrogens with two attached hydrogens (primary N) is 1. The number of hydrogen-bond acceptors (Lipinski definition) is 3. The minimum Gasteiger partial charge on any atom is -0.344 e. The minimum absolute atomic E-state index is 0.285. The molecule has 0 radical (unpaired) electrons. The average molecular weight is 311 g/mol. The van der Waals surface area contributed by atoms with Crippen LogP contribution in [0.4, 0.5) is 5.69 Å². The average Bonchev–Trinajstić information content (AvgIpc) is 2.56. The summed E-state index contributed by atoms with van der Waals surface area (Å²) in [5, 5.41) is 5.28. The first kappa shape index (κ1) is 16.7. The molecule has 120 valence electrons. The van der Waals surface area contributed by atoms with Crippen LogP contribution in [0.1, 0.15) is 22.3 Å². The third-order valence-corrected chi connectivity index (χ3v) is 3.61. The van der Waals surface area contributed by atoms with Crippen LogP contribution in [0.2, 0.25) is 0 Å². The lowest BCUT2D eigenvalue weighted by Gasteiger charge is -2.11. The van der Waals surface area contributed by atoms with Gasteiger partial charge in [0.05, 0.1) is 0 Å². The maximum absolute atomic E-state index is 12.0. The zero-order valence-electron chi connectivity index (χ0n) is 13.3. The minimum atomic E-state index is -0.669. The smallest absolute Gasteiger partial charge is 0.313 e. The highest BCUT2D eigenvalue weighted by atomic mass is 16.2. The van der Waals surface area contributed by atoms with Crippen LogP contribution >= 0.6 is 0 Å². The van der Waals surface area contributed by atoms with Crippen molar-refractivity contribution in [2.24, 2.45) is 5.73 Å². The Morgan fingerprint density at radius 2 is 1.57 bits per heavy atom. The van der Waals surface area contributed by atoms with E-state index < -0.39 is 11.8 Å². The van der Waals surface area contributed by atoms with Gasteiger partial charge in [-0.15, -0.1) is 0 Å². The van der Waals surface area contributed by atoms with Crippen molar-refractivity contribution in [3.63, 3.8) is 0 Å². The molecule has 0 aromatic heterocycles. The number of carbonyl (C=O) groups is 2. The molecule has 0 heterocycles. The fourth-order valence-corrected chi connectivity index (χ4v) is 2.31. The summed E-state index contributed by atoms with van der Waals surface area (Å²) in [5.74, 6) is -1.33. The molecule has 23 heavy (non-hydrogen) atoms. The second-order valence-corrected chi connectivity index (χ2v) is 5.43. The van der Waals surface area contributed by atoms with Crippen molar-refractivity contribution in [2.75, 3.05) is 5.32 Å². The van der Waals surface area contributed by atoms with E-state index in [2.05, 4.69) is 10.6 Å². The van der Waals surface area contributed by atoms with Crippen LogP contribution in [0.3, 0.4) is 0 Å². The van der Waals surface area contributed by atoms with E-state index in [0.29, 0.717) is 12.2 Å². The second kappa shape index (κ2) is 7.56. The molecule has 5 heteroatoms. The Kier molecular flexibility index (Phi) is 5.49. The summed E-state index contributed by atoms with van der Waals surface area (Å²) in [6, 6.07) is 13.3. The van der Waals surface area contributed by atoms with E-state index in [4.69, 9.17) is 5.73 Å². The van der Waals surface area contributed by atoms with Crippen molar-refractivity contribution in [3.05, 3.63) is 64.7 Å². The maximum atomic E-state index is 12.0. The van der Waals surface area contributed by atoms with E-state index in [1.165, 1.54) is 0 Å². The lowest BCUT2D eigenvalue weighted by molar-refractivity contribution is -0.136. The number of rotatable bonds is 4. The van der Waals surface area contributed by atoms with Crippen molar-refractivity contribution in [1.29, 1.82) is 0 Å². The Morgan fingerprint density at radius 1 is 0.957 bits per heavy atom. The van der Waals surface area contributed by atoms with Gasteiger partial charge in [-0.2, -0.15) is 0 Å². The molecule has 0 saturated heterocycles. The Bertz CT molecular complexity index is 706. The van der Waals surface area contributed by atoms with Crippen LogP contribution < -0.4 is 16.4 Å². The Labute approximate surface area is 135 Å². The van der Waals surface area contributed by atoms with Crippen LogP contribution in [-0.4, -0.2) is 11.8 Å². The van der Waals surface area contributed by atoms with Crippen LogP contribution in [0.15, 0.2) is 42.5 Å². The first-order chi connectivity index (χ1) is 11.0. The molecule has 0 aliphatic rings. The van der Waals surface area contributed by atoms with E-state index in [1.807, 2.05) is 56.3 Å². The molecule has 0 aliphatic heterocycles. The van der Waals surface area contributed by atoms with Crippen LogP contribution in [0.5, 0.6) is 0 Å². The first-order valence-electron chi connectivity index (χ1n) is 7.44. The van der Waals surface area contributed by atoms with Crippen molar-refractivity contribution >= 4 is 17.5 Å². The summed E-state index contributed by atoms with van der Waals surface area (Å²) in [7, 11) is 0. The van der Waals surface area contributed by atoms with E-state index >= 15 is 0 Å². The molecule has 2 aromatic rings. The molecule has 0 aliphatic carbocycles. The van der Waals surface area contributed by atoms with Gasteiger partial charge in [-0.05, 0) is 36.1 Å². The molecule has 2 amide bonds. The Hall–Kier alpha value is -2.66. The fraction of sp³-hybridized carbons (Fsp3) is 0.222. The van der Waals surface area contributed by atoms with Gasteiger partial charge in [0.1, 0.15) is 0 Å². The molecule has 2 rings (SSSR count). The summed E-state index contributed by atoms with van der Waals surface area (Å²) in [4.78, 5) is 24.0. The number of nitrogens with one attached hydrogen (secondary N) is 2. The molecule has 0 saturated carbocycles. The summed E-state index contributed by atoms with van der Waals surface area (Å²) in [6.45, 7) is 4.50. The number of carbonyl (C=O) groups excluding carboxylic acids is 2. The molecule has 0 atom stereocenters. The summed E-state index contributed by atoms with van der Waals surface area (Å²) in [6.07, 6.45) is 0. The van der Waals surface area contributed by atoms with E-state index in [1.54, 1.807) is 0 Å². The fourth-order valence-electron chi connectivity index (χ4n) is 2.31. The van der Waals surface area contributed by atoms with Gasteiger partial charge in [0, 0.05) is 18.8 Å². The number of anilines is 1. The van der Waals surface area contributed by atoms with Crippen molar-refractivity contribution in [1.82, 2.24) is 5.32 Å². The van der Waals surface area contributed by atoms with Gasteiger partial charge < -0.3 is 16.4 Å². The number of benzene rings is 2. The number of amides is 2. The summed E-state index contributed by atoms with van der Waals surface area (Å²) in [5.41, 5.74) is 9.99. The lowest BCUT2D eigenvalue weighted by atomic mass is 10.1. The van der Waals surface area contributed by atoms with Crippen LogP contribution in [0, 0.1) is 13.8 Å². The zero-order chi connectivity index (χ0) is 16.8.